The number of benzene rings is 1. The van der Waals surface area contributed by atoms with Crippen molar-refractivity contribution >= 4 is 35.7 Å². The van der Waals surface area contributed by atoms with Crippen LogP contribution in [0.3, 0.4) is 0 Å². The molecule has 1 aliphatic rings. The second kappa shape index (κ2) is 21.4. The topological polar surface area (TPSA) is 159 Å². The molecule has 2 unspecified atom stereocenters. The monoisotopic (exact) mass is 561 g/mol. The molecular formula is C28H43N5O5S. The van der Waals surface area contributed by atoms with Crippen LogP contribution < -0.4 is 21.7 Å². The van der Waals surface area contributed by atoms with Gasteiger partial charge >= 0.3 is 0 Å². The lowest BCUT2D eigenvalue weighted by atomic mass is 10.1. The maximum Gasteiger partial charge on any atom is 0.290 e. The number of aldehydes is 1. The summed E-state index contributed by atoms with van der Waals surface area (Å²) in [6, 6.07) is 3.91. The third-order valence-electron chi connectivity index (χ3n) is 5.11. The van der Waals surface area contributed by atoms with Crippen LogP contribution in [0.25, 0.3) is 0 Å². The third kappa shape index (κ3) is 16.8. The summed E-state index contributed by atoms with van der Waals surface area (Å²) >= 11 is 1.52. The summed E-state index contributed by atoms with van der Waals surface area (Å²) in [6.07, 6.45) is 7.36. The summed E-state index contributed by atoms with van der Waals surface area (Å²) in [5.41, 5.74) is 13.9. The van der Waals surface area contributed by atoms with Gasteiger partial charge < -0.3 is 36.3 Å². The minimum absolute atomic E-state index is 0.0463. The van der Waals surface area contributed by atoms with Gasteiger partial charge in [0.15, 0.2) is 6.29 Å². The number of nitrogens with one attached hydrogen (secondary N) is 3. The molecule has 0 bridgehead atoms. The zero-order chi connectivity index (χ0) is 29.6. The van der Waals surface area contributed by atoms with E-state index in [9.17, 15) is 9.59 Å². The van der Waals surface area contributed by atoms with E-state index in [1.807, 2.05) is 11.5 Å². The fourth-order valence-corrected chi connectivity index (χ4v) is 3.72. The standard InChI is InChI=1S/C19H27N5OS.C5H10.C3H4O2.CH2O2/c1-12-5-13(2)18(14(3)6-12)22-8-15(20)9-23-19(25)17(21-4)7-16-10-26-11-24-16;1-3-5-4-2;4-1-3-2-5-3;2-1-3/h5-6,8,10-11,17,21-22H,7,9,20H2,1-4H3,(H,23,25);3H,1,4-5H2,2H3;1,3H,2H2;1H,(H,2,3)/b15-8-;;;. The number of amides is 1. The van der Waals surface area contributed by atoms with Crippen molar-refractivity contribution in [2.45, 2.75) is 59.1 Å². The van der Waals surface area contributed by atoms with Gasteiger partial charge in [-0.3, -0.25) is 9.59 Å². The van der Waals surface area contributed by atoms with Gasteiger partial charge in [-0.05, 0) is 45.4 Å². The van der Waals surface area contributed by atoms with Crippen molar-refractivity contribution in [3.63, 3.8) is 0 Å². The summed E-state index contributed by atoms with van der Waals surface area (Å²) < 4.78 is 4.49. The highest BCUT2D eigenvalue weighted by atomic mass is 32.1. The largest absolute Gasteiger partial charge is 0.483 e. The number of likely N-dealkylation sites (N-methyl/N-ethyl adjacent to an activating group) is 1. The number of aryl methyl sites for hydroxylation is 3. The first kappa shape index (κ1) is 35.5. The zero-order valence-corrected chi connectivity index (χ0v) is 24.3. The number of rotatable bonds is 11. The lowest BCUT2D eigenvalue weighted by molar-refractivity contribution is -0.123. The smallest absolute Gasteiger partial charge is 0.290 e. The average Bonchev–Trinajstić information content (AvgIpc) is 3.61. The van der Waals surface area contributed by atoms with E-state index >= 15 is 0 Å². The van der Waals surface area contributed by atoms with Crippen molar-refractivity contribution in [1.82, 2.24) is 15.6 Å². The number of epoxide rings is 1. The summed E-state index contributed by atoms with van der Waals surface area (Å²) in [7, 11) is 1.76. The van der Waals surface area contributed by atoms with Crippen molar-refractivity contribution < 1.29 is 24.2 Å². The molecule has 39 heavy (non-hydrogen) atoms. The molecule has 1 fully saturated rings. The van der Waals surface area contributed by atoms with Gasteiger partial charge in [-0.1, -0.05) is 37.1 Å². The zero-order valence-electron chi connectivity index (χ0n) is 23.5. The third-order valence-corrected chi connectivity index (χ3v) is 5.75. The van der Waals surface area contributed by atoms with Crippen molar-refractivity contribution in [1.29, 1.82) is 0 Å². The Morgan fingerprint density at radius 1 is 1.31 bits per heavy atom. The molecule has 10 nitrogen and oxygen atoms in total. The number of carbonyl (C=O) groups excluding carboxylic acids is 2. The maximum absolute atomic E-state index is 12.3. The number of hydrogen-bond donors (Lipinski definition) is 5. The van der Waals surface area contributed by atoms with Crippen LogP contribution in [0.4, 0.5) is 5.69 Å². The van der Waals surface area contributed by atoms with Crippen LogP contribution in [0.15, 0.2) is 47.6 Å². The fourth-order valence-electron chi connectivity index (χ4n) is 3.15. The van der Waals surface area contributed by atoms with Crippen LogP contribution in [-0.4, -0.2) is 61.1 Å². The Hall–Kier alpha value is -3.54. The van der Waals surface area contributed by atoms with E-state index in [1.165, 1.54) is 23.3 Å². The van der Waals surface area contributed by atoms with Crippen LogP contribution >= 0.6 is 11.3 Å². The van der Waals surface area contributed by atoms with E-state index < -0.39 is 0 Å². The quantitative estimate of drug-likeness (QED) is 0.157. The average molecular weight is 562 g/mol. The van der Waals surface area contributed by atoms with E-state index in [-0.39, 0.29) is 31.1 Å². The Labute approximate surface area is 235 Å². The minimum Gasteiger partial charge on any atom is -0.483 e. The molecule has 2 aromatic rings. The number of carboxylic acid groups (broad SMARTS) is 1. The van der Waals surface area contributed by atoms with Crippen molar-refractivity contribution in [2.24, 2.45) is 5.73 Å². The lowest BCUT2D eigenvalue weighted by Gasteiger charge is -2.15. The van der Waals surface area contributed by atoms with Gasteiger partial charge in [-0.2, -0.15) is 0 Å². The number of nitrogens with zero attached hydrogens (tertiary/aromatic N) is 1. The molecule has 2 atom stereocenters. The predicted octanol–water partition coefficient (Wildman–Crippen LogP) is 3.48. The number of ether oxygens (including phenoxy) is 1. The highest BCUT2D eigenvalue weighted by Crippen LogP contribution is 2.21. The van der Waals surface area contributed by atoms with E-state index in [0.717, 1.165) is 35.2 Å². The maximum atomic E-state index is 12.3. The molecule has 6 N–H and O–H groups in total. The molecule has 0 radical (unpaired) electrons. The number of hydrogen-bond acceptors (Lipinski definition) is 9. The molecule has 216 valence electrons. The molecule has 1 aromatic heterocycles. The van der Waals surface area contributed by atoms with Gasteiger partial charge in [-0.15, -0.1) is 17.9 Å². The Kier molecular flexibility index (Phi) is 19.5. The van der Waals surface area contributed by atoms with Gasteiger partial charge in [0.1, 0.15) is 6.10 Å². The molecular weight excluding hydrogens is 518 g/mol. The highest BCUT2D eigenvalue weighted by molar-refractivity contribution is 7.07. The number of thiazole rings is 1. The number of aromatic nitrogens is 1. The Morgan fingerprint density at radius 2 is 1.92 bits per heavy atom. The summed E-state index contributed by atoms with van der Waals surface area (Å²) in [5, 5.41) is 18.0. The molecule has 1 aliphatic heterocycles. The Morgan fingerprint density at radius 3 is 2.31 bits per heavy atom. The van der Waals surface area contributed by atoms with Crippen LogP contribution in [0.1, 0.15) is 42.1 Å². The summed E-state index contributed by atoms with van der Waals surface area (Å²) in [6.45, 7) is 12.6. The molecule has 1 amide bonds. The molecule has 1 aromatic carbocycles. The van der Waals surface area contributed by atoms with Gasteiger partial charge in [0.25, 0.3) is 6.47 Å². The Balaban J connectivity index is 0.000000911. The second-order valence-electron chi connectivity index (χ2n) is 8.57. The van der Waals surface area contributed by atoms with E-state index in [2.05, 4.69) is 72.1 Å². The number of anilines is 1. The molecule has 11 heteroatoms. The first-order chi connectivity index (χ1) is 18.7. The van der Waals surface area contributed by atoms with Crippen molar-refractivity contribution in [3.05, 3.63) is 70.0 Å². The molecule has 0 aliphatic carbocycles. The first-order valence-corrected chi connectivity index (χ1v) is 13.5. The second-order valence-corrected chi connectivity index (χ2v) is 9.29. The SMILES string of the molecule is C=CCCC.CNC(Cc1cscn1)C(=O)NC/C(N)=C/Nc1c(C)cc(C)cc1C.O=CC1CO1.O=CO. The summed E-state index contributed by atoms with van der Waals surface area (Å²) in [5.74, 6) is -0.0976. The van der Waals surface area contributed by atoms with Crippen molar-refractivity contribution in [3.8, 4) is 0 Å². The normalized spacial score (nSPS) is 14.0. The highest BCUT2D eigenvalue weighted by Gasteiger charge is 2.20. The molecule has 0 spiro atoms. The van der Waals surface area contributed by atoms with Crippen LogP contribution in [-0.2, 0) is 25.5 Å². The molecule has 2 heterocycles. The van der Waals surface area contributed by atoms with E-state index in [4.69, 9.17) is 15.6 Å². The van der Waals surface area contributed by atoms with Crippen LogP contribution in [0, 0.1) is 20.8 Å². The molecule has 0 saturated carbocycles. The number of allylic oxidation sites excluding steroid dienone is 1. The van der Waals surface area contributed by atoms with Gasteiger partial charge in [-0.25, -0.2) is 4.98 Å². The molecule has 3 rings (SSSR count). The predicted molar refractivity (Wildman–Crippen MR) is 158 cm³/mol. The van der Waals surface area contributed by atoms with E-state index in [0.29, 0.717) is 18.7 Å². The number of nitrogens with two attached hydrogens (primary N) is 1. The molecule has 1 saturated heterocycles. The van der Waals surface area contributed by atoms with Crippen molar-refractivity contribution in [2.75, 3.05) is 25.5 Å². The van der Waals surface area contributed by atoms with Gasteiger partial charge in [0.05, 0.1) is 30.4 Å². The Bertz CT molecular complexity index is 1000. The van der Waals surface area contributed by atoms with Gasteiger partial charge in [0.2, 0.25) is 5.91 Å². The van der Waals surface area contributed by atoms with E-state index in [1.54, 1.807) is 18.8 Å². The van der Waals surface area contributed by atoms with Gasteiger partial charge in [0, 0.05) is 29.4 Å². The number of unbranched alkanes of at least 4 members (excludes halogenated alkanes) is 1. The minimum atomic E-state index is -0.334. The summed E-state index contributed by atoms with van der Waals surface area (Å²) in [4.78, 5) is 34.3. The van der Waals surface area contributed by atoms with Crippen LogP contribution in [0.5, 0.6) is 0 Å². The number of carbonyl (C=O) groups is 3. The fraction of sp³-hybridized carbons (Fsp3) is 0.429. The lowest BCUT2D eigenvalue weighted by Crippen LogP contribution is -2.45. The first-order valence-electron chi connectivity index (χ1n) is 12.5. The van der Waals surface area contributed by atoms with Crippen LogP contribution in [0.2, 0.25) is 0 Å².